The zero-order valence-corrected chi connectivity index (χ0v) is 13.5. The van der Waals surface area contributed by atoms with Crippen molar-refractivity contribution >= 4 is 11.7 Å². The van der Waals surface area contributed by atoms with Gasteiger partial charge in [0.1, 0.15) is 11.6 Å². The molecular formula is C19H17F2NO3. The third kappa shape index (κ3) is 3.91. The molecule has 6 heteroatoms. The third-order valence-corrected chi connectivity index (χ3v) is 4.16. The second kappa shape index (κ2) is 7.53. The minimum Gasteiger partial charge on any atom is -0.377 e. The van der Waals surface area contributed by atoms with E-state index < -0.39 is 23.6 Å². The molecule has 0 saturated carbocycles. The molecule has 2 aromatic rings. The summed E-state index contributed by atoms with van der Waals surface area (Å²) in [4.78, 5) is 26.5. The number of ketones is 1. The highest BCUT2D eigenvalue weighted by Gasteiger charge is 2.31. The van der Waals surface area contributed by atoms with Gasteiger partial charge in [-0.15, -0.1) is 0 Å². The molecule has 1 aliphatic heterocycles. The maximum absolute atomic E-state index is 13.9. The fourth-order valence-corrected chi connectivity index (χ4v) is 2.86. The van der Waals surface area contributed by atoms with Gasteiger partial charge in [0.15, 0.2) is 5.78 Å². The number of halogens is 2. The van der Waals surface area contributed by atoms with Crippen LogP contribution in [0.3, 0.4) is 0 Å². The molecule has 2 aromatic carbocycles. The van der Waals surface area contributed by atoms with Gasteiger partial charge in [0.2, 0.25) is 0 Å². The summed E-state index contributed by atoms with van der Waals surface area (Å²) >= 11 is 0. The van der Waals surface area contributed by atoms with E-state index in [1.807, 2.05) is 6.07 Å². The lowest BCUT2D eigenvalue weighted by Gasteiger charge is -2.35. The number of benzene rings is 2. The first-order valence-corrected chi connectivity index (χ1v) is 7.98. The van der Waals surface area contributed by atoms with Crippen LogP contribution < -0.4 is 0 Å². The molecule has 1 aliphatic rings. The van der Waals surface area contributed by atoms with E-state index in [2.05, 4.69) is 0 Å². The molecule has 1 atom stereocenters. The molecule has 0 aliphatic carbocycles. The fraction of sp³-hybridized carbons (Fsp3) is 0.263. The van der Waals surface area contributed by atoms with Gasteiger partial charge >= 0.3 is 0 Å². The van der Waals surface area contributed by atoms with Gasteiger partial charge in [0.05, 0.1) is 24.8 Å². The van der Waals surface area contributed by atoms with E-state index in [0.717, 1.165) is 18.2 Å². The van der Waals surface area contributed by atoms with Crippen LogP contribution in [0.5, 0.6) is 0 Å². The van der Waals surface area contributed by atoms with Crippen LogP contribution >= 0.6 is 0 Å². The average Bonchev–Trinajstić information content (AvgIpc) is 2.64. The number of hydrogen-bond acceptors (Lipinski definition) is 3. The van der Waals surface area contributed by atoms with Crippen molar-refractivity contribution in [2.24, 2.45) is 0 Å². The van der Waals surface area contributed by atoms with Gasteiger partial charge in [-0.2, -0.15) is 0 Å². The van der Waals surface area contributed by atoms with E-state index in [1.54, 1.807) is 24.3 Å². The summed E-state index contributed by atoms with van der Waals surface area (Å²) in [5.41, 5.74) is 0.205. The SMILES string of the molecule is O=C(C[C@@H]1COCCN1C(=O)c1cc(F)ccc1F)c1ccccc1. The highest BCUT2D eigenvalue weighted by atomic mass is 19.1. The van der Waals surface area contributed by atoms with E-state index in [-0.39, 0.29) is 30.9 Å². The first kappa shape index (κ1) is 17.2. The van der Waals surface area contributed by atoms with Crippen LogP contribution in [0.25, 0.3) is 0 Å². The molecule has 0 radical (unpaired) electrons. The van der Waals surface area contributed by atoms with Gasteiger partial charge in [0.25, 0.3) is 5.91 Å². The van der Waals surface area contributed by atoms with Crippen LogP contribution in [-0.4, -0.2) is 42.4 Å². The molecule has 1 saturated heterocycles. The average molecular weight is 345 g/mol. The number of carbonyl (C=O) groups is 2. The molecule has 1 amide bonds. The standard InChI is InChI=1S/C19H17F2NO3/c20-14-6-7-17(21)16(10-14)19(24)22-8-9-25-12-15(22)11-18(23)13-4-2-1-3-5-13/h1-7,10,15H,8-9,11-12H2/t15-/m1/s1. The van der Waals surface area contributed by atoms with Crippen molar-refractivity contribution in [1.29, 1.82) is 0 Å². The quantitative estimate of drug-likeness (QED) is 0.800. The van der Waals surface area contributed by atoms with Crippen LogP contribution in [0.1, 0.15) is 27.1 Å². The Morgan fingerprint density at radius 1 is 1.12 bits per heavy atom. The van der Waals surface area contributed by atoms with E-state index >= 15 is 0 Å². The van der Waals surface area contributed by atoms with Crippen molar-refractivity contribution in [1.82, 2.24) is 4.90 Å². The second-order valence-electron chi connectivity index (χ2n) is 5.84. The molecule has 130 valence electrons. The van der Waals surface area contributed by atoms with Gasteiger partial charge in [0, 0.05) is 18.5 Å². The Morgan fingerprint density at radius 3 is 2.64 bits per heavy atom. The van der Waals surface area contributed by atoms with E-state index in [0.29, 0.717) is 12.2 Å². The van der Waals surface area contributed by atoms with Gasteiger partial charge in [-0.1, -0.05) is 30.3 Å². The molecule has 0 N–H and O–H groups in total. The van der Waals surface area contributed by atoms with Crippen LogP contribution in [0.4, 0.5) is 8.78 Å². The molecule has 3 rings (SSSR count). The lowest BCUT2D eigenvalue weighted by Crippen LogP contribution is -2.49. The largest absolute Gasteiger partial charge is 0.377 e. The van der Waals surface area contributed by atoms with Gasteiger partial charge in [-0.05, 0) is 18.2 Å². The smallest absolute Gasteiger partial charge is 0.257 e. The van der Waals surface area contributed by atoms with E-state index in [4.69, 9.17) is 4.74 Å². The maximum Gasteiger partial charge on any atom is 0.257 e. The van der Waals surface area contributed by atoms with Crippen molar-refractivity contribution in [3.05, 3.63) is 71.3 Å². The Morgan fingerprint density at radius 2 is 1.88 bits per heavy atom. The molecule has 0 bridgehead atoms. The van der Waals surface area contributed by atoms with E-state index in [1.165, 1.54) is 4.90 Å². The molecule has 0 aromatic heterocycles. The first-order chi connectivity index (χ1) is 12.1. The number of hydrogen-bond donors (Lipinski definition) is 0. The summed E-state index contributed by atoms with van der Waals surface area (Å²) in [5, 5.41) is 0. The summed E-state index contributed by atoms with van der Waals surface area (Å²) in [6, 6.07) is 11.0. The molecule has 0 unspecified atom stereocenters. The minimum absolute atomic E-state index is 0.0622. The lowest BCUT2D eigenvalue weighted by molar-refractivity contribution is -0.00305. The zero-order chi connectivity index (χ0) is 17.8. The second-order valence-corrected chi connectivity index (χ2v) is 5.84. The highest BCUT2D eigenvalue weighted by Crippen LogP contribution is 2.19. The van der Waals surface area contributed by atoms with Crippen LogP contribution in [-0.2, 0) is 4.74 Å². The third-order valence-electron chi connectivity index (χ3n) is 4.16. The monoisotopic (exact) mass is 345 g/mol. The Balaban J connectivity index is 1.80. The van der Waals surface area contributed by atoms with Crippen molar-refractivity contribution in [2.45, 2.75) is 12.5 Å². The van der Waals surface area contributed by atoms with Crippen molar-refractivity contribution in [3.8, 4) is 0 Å². The molecule has 0 spiro atoms. The predicted molar refractivity (Wildman–Crippen MR) is 87.4 cm³/mol. The first-order valence-electron chi connectivity index (χ1n) is 7.98. The summed E-state index contributed by atoms with van der Waals surface area (Å²) in [5.74, 6) is -2.24. The van der Waals surface area contributed by atoms with Crippen LogP contribution in [0.15, 0.2) is 48.5 Å². The summed E-state index contributed by atoms with van der Waals surface area (Å²) in [6.45, 7) is 0.696. The van der Waals surface area contributed by atoms with E-state index in [9.17, 15) is 18.4 Å². The predicted octanol–water partition coefficient (Wildman–Crippen LogP) is 3.08. The molecule has 25 heavy (non-hydrogen) atoms. The zero-order valence-electron chi connectivity index (χ0n) is 13.5. The van der Waals surface area contributed by atoms with Crippen molar-refractivity contribution in [3.63, 3.8) is 0 Å². The number of amides is 1. The normalized spacial score (nSPS) is 17.4. The maximum atomic E-state index is 13.9. The summed E-state index contributed by atoms with van der Waals surface area (Å²) < 4.78 is 32.7. The van der Waals surface area contributed by atoms with Crippen LogP contribution in [0.2, 0.25) is 0 Å². The highest BCUT2D eigenvalue weighted by molar-refractivity contribution is 5.98. The summed E-state index contributed by atoms with van der Waals surface area (Å²) in [6.07, 6.45) is 0.0622. The topological polar surface area (TPSA) is 46.6 Å². The lowest BCUT2D eigenvalue weighted by atomic mass is 10.0. The molecular weight excluding hydrogens is 328 g/mol. The number of morpholine rings is 1. The molecule has 1 fully saturated rings. The van der Waals surface area contributed by atoms with Crippen LogP contribution in [0, 0.1) is 11.6 Å². The Labute approximate surface area is 144 Å². The number of carbonyl (C=O) groups excluding carboxylic acids is 2. The molecule has 4 nitrogen and oxygen atoms in total. The fourth-order valence-electron chi connectivity index (χ4n) is 2.86. The molecule has 1 heterocycles. The summed E-state index contributed by atoms with van der Waals surface area (Å²) in [7, 11) is 0. The number of Topliss-reactive ketones (excluding diaryl/α,β-unsaturated/α-hetero) is 1. The Hall–Kier alpha value is -2.60. The van der Waals surface area contributed by atoms with Gasteiger partial charge in [-0.3, -0.25) is 9.59 Å². The van der Waals surface area contributed by atoms with Gasteiger partial charge < -0.3 is 9.64 Å². The number of ether oxygens (including phenoxy) is 1. The number of rotatable bonds is 4. The Bertz CT molecular complexity index is 779. The Kier molecular flexibility index (Phi) is 5.19. The van der Waals surface area contributed by atoms with Crippen molar-refractivity contribution < 1.29 is 23.1 Å². The van der Waals surface area contributed by atoms with Crippen molar-refractivity contribution in [2.75, 3.05) is 19.8 Å². The van der Waals surface area contributed by atoms with Gasteiger partial charge in [-0.25, -0.2) is 8.78 Å². The number of nitrogens with zero attached hydrogens (tertiary/aromatic N) is 1. The minimum atomic E-state index is -0.786.